The van der Waals surface area contributed by atoms with Crippen LogP contribution >= 0.6 is 0 Å². The number of amides is 1. The lowest BCUT2D eigenvalue weighted by molar-refractivity contribution is 0.196. The average molecular weight is 224 g/mol. The van der Waals surface area contributed by atoms with Crippen molar-refractivity contribution in [1.29, 1.82) is 0 Å². The zero-order chi connectivity index (χ0) is 12.1. The molecule has 1 rings (SSSR count). The Morgan fingerprint density at radius 1 is 1.62 bits per heavy atom. The molecule has 0 heterocycles. The molecule has 5 heteroatoms. The Morgan fingerprint density at radius 3 is 2.94 bits per heavy atom. The summed E-state index contributed by atoms with van der Waals surface area (Å²) in [5, 5.41) is 12.0. The van der Waals surface area contributed by atoms with Gasteiger partial charge in [0.05, 0.1) is 0 Å². The molecule has 0 radical (unpaired) electrons. The molecule has 1 unspecified atom stereocenters. The molecule has 88 valence electrons. The average Bonchev–Trinajstić information content (AvgIpc) is 2.24. The summed E-state index contributed by atoms with van der Waals surface area (Å²) in [5.74, 6) is 0.430. The molecule has 1 amide bonds. The maximum Gasteiger partial charge on any atom is 0.412 e. The first-order chi connectivity index (χ1) is 7.54. The number of phenolic OH excluding ortho intramolecular Hbond substituents is 1. The van der Waals surface area contributed by atoms with Gasteiger partial charge in [-0.25, -0.2) is 4.79 Å². The first-order valence-electron chi connectivity index (χ1n) is 5.01. The molecule has 0 bridgehead atoms. The van der Waals surface area contributed by atoms with Crippen molar-refractivity contribution in [2.75, 3.05) is 6.54 Å². The quantitative estimate of drug-likeness (QED) is 0.718. The van der Waals surface area contributed by atoms with Crippen molar-refractivity contribution < 1.29 is 14.6 Å². The summed E-state index contributed by atoms with van der Waals surface area (Å²) in [5.41, 5.74) is 5.88. The van der Waals surface area contributed by atoms with E-state index in [1.807, 2.05) is 0 Å². The van der Waals surface area contributed by atoms with Crippen molar-refractivity contribution in [3.63, 3.8) is 0 Å². The van der Waals surface area contributed by atoms with E-state index in [1.165, 1.54) is 6.07 Å². The van der Waals surface area contributed by atoms with Crippen LogP contribution < -0.4 is 15.8 Å². The minimum absolute atomic E-state index is 0.0946. The van der Waals surface area contributed by atoms with Crippen molar-refractivity contribution in [3.05, 3.63) is 23.8 Å². The molecule has 1 aromatic rings. The van der Waals surface area contributed by atoms with Crippen LogP contribution in [0.5, 0.6) is 11.5 Å². The van der Waals surface area contributed by atoms with E-state index in [9.17, 15) is 9.90 Å². The van der Waals surface area contributed by atoms with Gasteiger partial charge >= 0.3 is 6.09 Å². The highest BCUT2D eigenvalue weighted by Crippen LogP contribution is 2.25. The second-order valence-electron chi connectivity index (χ2n) is 3.57. The third kappa shape index (κ3) is 3.13. The molecule has 16 heavy (non-hydrogen) atoms. The minimum Gasteiger partial charge on any atom is -0.508 e. The van der Waals surface area contributed by atoms with Crippen LogP contribution in [0, 0.1) is 6.92 Å². The number of rotatable bonds is 3. The molecule has 4 N–H and O–H groups in total. The molecular formula is C11H16N2O3. The van der Waals surface area contributed by atoms with Gasteiger partial charge in [0.15, 0.2) is 0 Å². The van der Waals surface area contributed by atoms with Crippen LogP contribution in [0.1, 0.15) is 12.5 Å². The van der Waals surface area contributed by atoms with Crippen LogP contribution in [-0.4, -0.2) is 23.8 Å². The molecule has 0 spiro atoms. The summed E-state index contributed by atoms with van der Waals surface area (Å²) in [7, 11) is 0. The normalized spacial score (nSPS) is 11.9. The first-order valence-corrected chi connectivity index (χ1v) is 5.01. The Morgan fingerprint density at radius 2 is 2.31 bits per heavy atom. The Kier molecular flexibility index (Phi) is 4.13. The predicted molar refractivity (Wildman–Crippen MR) is 60.5 cm³/mol. The Labute approximate surface area is 94.2 Å². The molecule has 0 aromatic heterocycles. The maximum atomic E-state index is 11.4. The van der Waals surface area contributed by atoms with Crippen LogP contribution in [0.2, 0.25) is 0 Å². The van der Waals surface area contributed by atoms with Crippen molar-refractivity contribution in [2.24, 2.45) is 5.73 Å². The van der Waals surface area contributed by atoms with Gasteiger partial charge in [0, 0.05) is 18.2 Å². The summed E-state index contributed by atoms with van der Waals surface area (Å²) >= 11 is 0. The number of benzene rings is 1. The molecule has 0 saturated heterocycles. The largest absolute Gasteiger partial charge is 0.508 e. The molecule has 0 aliphatic rings. The van der Waals surface area contributed by atoms with Crippen LogP contribution in [0.25, 0.3) is 0 Å². The van der Waals surface area contributed by atoms with Gasteiger partial charge < -0.3 is 20.9 Å². The van der Waals surface area contributed by atoms with E-state index in [-0.39, 0.29) is 11.8 Å². The van der Waals surface area contributed by atoms with Gasteiger partial charge in [-0.2, -0.15) is 0 Å². The number of nitrogens with two attached hydrogens (primary N) is 1. The number of carbonyl (C=O) groups excluding carboxylic acids is 1. The number of phenols is 1. The van der Waals surface area contributed by atoms with Crippen LogP contribution in [-0.2, 0) is 0 Å². The fourth-order valence-corrected chi connectivity index (χ4v) is 1.10. The minimum atomic E-state index is -0.577. The summed E-state index contributed by atoms with van der Waals surface area (Å²) < 4.78 is 5.03. The van der Waals surface area contributed by atoms with E-state index in [0.29, 0.717) is 17.9 Å². The maximum absolute atomic E-state index is 11.4. The smallest absolute Gasteiger partial charge is 0.412 e. The first kappa shape index (κ1) is 12.3. The third-order valence-electron chi connectivity index (χ3n) is 2.18. The molecular weight excluding hydrogens is 208 g/mol. The number of aromatic hydroxyl groups is 1. The lowest BCUT2D eigenvalue weighted by atomic mass is 10.2. The second kappa shape index (κ2) is 5.37. The highest BCUT2D eigenvalue weighted by Gasteiger charge is 2.10. The number of ether oxygens (including phenoxy) is 1. The molecule has 0 saturated carbocycles. The van der Waals surface area contributed by atoms with Gasteiger partial charge in [0.2, 0.25) is 0 Å². The van der Waals surface area contributed by atoms with Crippen LogP contribution in [0.4, 0.5) is 4.79 Å². The summed E-state index contributed by atoms with van der Waals surface area (Å²) in [6, 6.07) is 4.60. The van der Waals surface area contributed by atoms with Gasteiger partial charge in [-0.05, 0) is 26.0 Å². The van der Waals surface area contributed by atoms with Crippen molar-refractivity contribution >= 4 is 6.09 Å². The SMILES string of the molecule is Cc1c(O)cccc1OC(=O)NC(C)CN. The number of hydrogen-bond acceptors (Lipinski definition) is 4. The van der Waals surface area contributed by atoms with Gasteiger partial charge in [-0.3, -0.25) is 0 Å². The standard InChI is InChI=1S/C11H16N2O3/c1-7(6-12)13-11(15)16-10-5-3-4-9(14)8(10)2/h3-5,7,14H,6,12H2,1-2H3,(H,13,15). The fraction of sp³-hybridized carbons (Fsp3) is 0.364. The molecule has 5 nitrogen and oxygen atoms in total. The van der Waals surface area contributed by atoms with Gasteiger partial charge in [0.25, 0.3) is 0 Å². The topological polar surface area (TPSA) is 84.6 Å². The summed E-state index contributed by atoms with van der Waals surface area (Å²) in [4.78, 5) is 11.4. The van der Waals surface area contributed by atoms with Crippen LogP contribution in [0.15, 0.2) is 18.2 Å². The van der Waals surface area contributed by atoms with Gasteiger partial charge in [-0.15, -0.1) is 0 Å². The lowest BCUT2D eigenvalue weighted by Crippen LogP contribution is -2.39. The predicted octanol–water partition coefficient (Wildman–Crippen LogP) is 1.14. The van der Waals surface area contributed by atoms with Gasteiger partial charge in [-0.1, -0.05) is 6.07 Å². The number of carbonyl (C=O) groups is 1. The van der Waals surface area contributed by atoms with Gasteiger partial charge in [0.1, 0.15) is 11.5 Å². The van der Waals surface area contributed by atoms with Crippen molar-refractivity contribution in [1.82, 2.24) is 5.32 Å². The van der Waals surface area contributed by atoms with Crippen molar-refractivity contribution in [2.45, 2.75) is 19.9 Å². The van der Waals surface area contributed by atoms with E-state index in [4.69, 9.17) is 10.5 Å². The zero-order valence-corrected chi connectivity index (χ0v) is 9.36. The monoisotopic (exact) mass is 224 g/mol. The molecule has 0 aliphatic heterocycles. The van der Waals surface area contributed by atoms with E-state index < -0.39 is 6.09 Å². The fourth-order valence-electron chi connectivity index (χ4n) is 1.10. The molecule has 1 aromatic carbocycles. The number of nitrogens with one attached hydrogen (secondary N) is 1. The highest BCUT2D eigenvalue weighted by atomic mass is 16.6. The molecule has 0 aliphatic carbocycles. The van der Waals surface area contributed by atoms with Crippen LogP contribution in [0.3, 0.4) is 0 Å². The molecule has 0 fully saturated rings. The van der Waals surface area contributed by atoms with E-state index in [1.54, 1.807) is 26.0 Å². The van der Waals surface area contributed by atoms with E-state index in [0.717, 1.165) is 0 Å². The number of hydrogen-bond donors (Lipinski definition) is 3. The Balaban J connectivity index is 2.66. The highest BCUT2D eigenvalue weighted by molar-refractivity contribution is 5.71. The van der Waals surface area contributed by atoms with Crippen molar-refractivity contribution in [3.8, 4) is 11.5 Å². The Hall–Kier alpha value is -1.75. The van der Waals surface area contributed by atoms with E-state index >= 15 is 0 Å². The zero-order valence-electron chi connectivity index (χ0n) is 9.36. The Bertz CT molecular complexity index is 379. The summed E-state index contributed by atoms with van der Waals surface area (Å²) in [6.07, 6.45) is -0.577. The molecule has 1 atom stereocenters. The third-order valence-corrected chi connectivity index (χ3v) is 2.18. The second-order valence-corrected chi connectivity index (χ2v) is 3.57. The van der Waals surface area contributed by atoms with E-state index in [2.05, 4.69) is 5.32 Å². The summed E-state index contributed by atoms with van der Waals surface area (Å²) in [6.45, 7) is 3.79. The lowest BCUT2D eigenvalue weighted by Gasteiger charge is -2.12.